The van der Waals surface area contributed by atoms with Gasteiger partial charge in [-0.25, -0.2) is 0 Å². The Morgan fingerprint density at radius 1 is 1.16 bits per heavy atom. The van der Waals surface area contributed by atoms with Gasteiger partial charge >= 0.3 is 0 Å². The number of aliphatic hydroxyl groups excluding tert-OH is 1. The summed E-state index contributed by atoms with van der Waals surface area (Å²) >= 11 is 6.04. The summed E-state index contributed by atoms with van der Waals surface area (Å²) in [6.45, 7) is 1.51. The third-order valence-corrected chi connectivity index (χ3v) is 5.38. The van der Waals surface area contributed by atoms with E-state index in [0.717, 1.165) is 36.5 Å². The number of anilines is 1. The molecule has 1 fully saturated rings. The molecule has 130 valence electrons. The Bertz CT molecular complexity index is 791. The second-order valence-corrected chi connectivity index (χ2v) is 7.28. The zero-order chi connectivity index (χ0) is 17.4. The Morgan fingerprint density at radius 3 is 2.68 bits per heavy atom. The molecule has 2 aliphatic rings. The van der Waals surface area contributed by atoms with Gasteiger partial charge in [-0.3, -0.25) is 4.79 Å². The number of rotatable bonds is 3. The van der Waals surface area contributed by atoms with Crippen LogP contribution in [0.3, 0.4) is 0 Å². The van der Waals surface area contributed by atoms with E-state index in [1.807, 2.05) is 42.5 Å². The fourth-order valence-electron chi connectivity index (χ4n) is 3.78. The van der Waals surface area contributed by atoms with Crippen LogP contribution in [-0.2, 0) is 6.42 Å². The first-order valence-electron chi connectivity index (χ1n) is 8.72. The topological polar surface area (TPSA) is 52.6 Å². The molecule has 0 radical (unpaired) electrons. The minimum absolute atomic E-state index is 0.0492. The quantitative estimate of drug-likeness (QED) is 0.887. The molecular formula is C20H21ClN2O2. The van der Waals surface area contributed by atoms with E-state index in [1.165, 1.54) is 11.1 Å². The van der Waals surface area contributed by atoms with Gasteiger partial charge in [-0.15, -0.1) is 0 Å². The average molecular weight is 357 g/mol. The van der Waals surface area contributed by atoms with E-state index in [0.29, 0.717) is 12.1 Å². The molecule has 0 spiro atoms. The maximum Gasteiger partial charge on any atom is 0.251 e. The number of hydrogen-bond acceptors (Lipinski definition) is 3. The maximum absolute atomic E-state index is 12.6. The van der Waals surface area contributed by atoms with E-state index >= 15 is 0 Å². The molecule has 1 heterocycles. The van der Waals surface area contributed by atoms with Gasteiger partial charge in [0.1, 0.15) is 0 Å². The lowest BCUT2D eigenvalue weighted by Gasteiger charge is -2.18. The van der Waals surface area contributed by atoms with Crippen LogP contribution in [0.2, 0.25) is 5.02 Å². The molecule has 5 heteroatoms. The highest BCUT2D eigenvalue weighted by atomic mass is 35.5. The third kappa shape index (κ3) is 3.37. The third-order valence-electron chi connectivity index (χ3n) is 5.15. The molecule has 4 nitrogen and oxygen atoms in total. The Balaban J connectivity index is 1.44. The van der Waals surface area contributed by atoms with Crippen molar-refractivity contribution in [2.45, 2.75) is 31.4 Å². The second kappa shape index (κ2) is 6.70. The van der Waals surface area contributed by atoms with Gasteiger partial charge in [0.15, 0.2) is 0 Å². The lowest BCUT2D eigenvalue weighted by atomic mass is 10.1. The largest absolute Gasteiger partial charge is 0.391 e. The highest BCUT2D eigenvalue weighted by Crippen LogP contribution is 2.33. The van der Waals surface area contributed by atoms with Crippen LogP contribution in [0.15, 0.2) is 42.5 Å². The summed E-state index contributed by atoms with van der Waals surface area (Å²) in [5, 5.41) is 13.5. The van der Waals surface area contributed by atoms with Gasteiger partial charge in [0.05, 0.1) is 12.1 Å². The van der Waals surface area contributed by atoms with E-state index in [1.54, 1.807) is 0 Å². The van der Waals surface area contributed by atoms with Crippen molar-refractivity contribution in [1.29, 1.82) is 0 Å². The normalized spacial score (nSPS) is 22.1. The summed E-state index contributed by atoms with van der Waals surface area (Å²) in [4.78, 5) is 14.7. The number of benzene rings is 2. The number of carbonyl (C=O) groups excluding carboxylic acids is 1. The average Bonchev–Trinajstić information content (AvgIpc) is 3.21. The number of aliphatic hydroxyl groups is 1. The van der Waals surface area contributed by atoms with Crippen molar-refractivity contribution in [1.82, 2.24) is 5.32 Å². The highest BCUT2D eigenvalue weighted by Gasteiger charge is 2.25. The van der Waals surface area contributed by atoms with Gasteiger partial charge < -0.3 is 15.3 Å². The van der Waals surface area contributed by atoms with Gasteiger partial charge in [-0.05, 0) is 66.8 Å². The lowest BCUT2D eigenvalue weighted by molar-refractivity contribution is 0.0936. The first kappa shape index (κ1) is 16.4. The van der Waals surface area contributed by atoms with Crippen LogP contribution in [0.5, 0.6) is 0 Å². The van der Waals surface area contributed by atoms with Gasteiger partial charge in [0.25, 0.3) is 5.91 Å². The number of β-amino-alcohol motifs (C(OH)–C–C–N with tert-alkyl or cyclic N) is 1. The Morgan fingerprint density at radius 2 is 1.96 bits per heavy atom. The lowest BCUT2D eigenvalue weighted by Crippen LogP contribution is -2.27. The summed E-state index contributed by atoms with van der Waals surface area (Å²) in [6.07, 6.45) is 2.40. The number of fused-ring (bicyclic) bond motifs is 1. The number of aryl methyl sites for hydroxylation is 1. The van der Waals surface area contributed by atoms with E-state index in [9.17, 15) is 9.90 Å². The fraction of sp³-hybridized carbons (Fsp3) is 0.350. The predicted molar refractivity (Wildman–Crippen MR) is 99.3 cm³/mol. The number of carbonyl (C=O) groups is 1. The number of nitrogens with zero attached hydrogens (tertiary/aromatic N) is 1. The zero-order valence-electron chi connectivity index (χ0n) is 13.9. The fourth-order valence-corrected chi connectivity index (χ4v) is 3.97. The molecule has 0 saturated carbocycles. The summed E-state index contributed by atoms with van der Waals surface area (Å²) in [7, 11) is 0. The second-order valence-electron chi connectivity index (χ2n) is 6.84. The van der Waals surface area contributed by atoms with Crippen molar-refractivity contribution < 1.29 is 9.90 Å². The summed E-state index contributed by atoms with van der Waals surface area (Å²) in [5.74, 6) is -0.0548. The predicted octanol–water partition coefficient (Wildman–Crippen LogP) is 3.33. The van der Waals surface area contributed by atoms with E-state index in [-0.39, 0.29) is 18.1 Å². The molecule has 2 aromatic carbocycles. The van der Waals surface area contributed by atoms with Crippen LogP contribution in [-0.4, -0.2) is 30.2 Å². The van der Waals surface area contributed by atoms with Gasteiger partial charge in [0, 0.05) is 29.4 Å². The molecular weight excluding hydrogens is 336 g/mol. The molecule has 4 rings (SSSR count). The Hall–Kier alpha value is -2.04. The number of hydrogen-bond donors (Lipinski definition) is 2. The molecule has 2 unspecified atom stereocenters. The van der Waals surface area contributed by atoms with Crippen LogP contribution in [0.1, 0.15) is 40.4 Å². The minimum Gasteiger partial charge on any atom is -0.391 e. The van der Waals surface area contributed by atoms with Crippen molar-refractivity contribution in [3.05, 3.63) is 64.2 Å². The monoisotopic (exact) mass is 356 g/mol. The van der Waals surface area contributed by atoms with Crippen molar-refractivity contribution in [3.63, 3.8) is 0 Å². The molecule has 0 aromatic heterocycles. The summed E-state index contributed by atoms with van der Waals surface area (Å²) in [5.41, 5.74) is 4.10. The van der Waals surface area contributed by atoms with E-state index < -0.39 is 0 Å². The van der Waals surface area contributed by atoms with Crippen molar-refractivity contribution in [2.75, 3.05) is 18.0 Å². The molecule has 2 aromatic rings. The van der Waals surface area contributed by atoms with E-state index in [4.69, 9.17) is 11.6 Å². The first-order chi connectivity index (χ1) is 12.1. The van der Waals surface area contributed by atoms with Crippen molar-refractivity contribution >= 4 is 23.2 Å². The van der Waals surface area contributed by atoms with Gasteiger partial charge in [0.2, 0.25) is 0 Å². The van der Waals surface area contributed by atoms with Gasteiger partial charge in [-0.1, -0.05) is 17.7 Å². The van der Waals surface area contributed by atoms with Gasteiger partial charge in [-0.2, -0.15) is 0 Å². The van der Waals surface area contributed by atoms with Crippen molar-refractivity contribution in [2.24, 2.45) is 0 Å². The SMILES string of the molecule is O=C(NC1CCc2cc(Cl)ccc21)c1ccc(N2CCC(O)C2)cc1. The maximum atomic E-state index is 12.6. The highest BCUT2D eigenvalue weighted by molar-refractivity contribution is 6.30. The zero-order valence-corrected chi connectivity index (χ0v) is 14.7. The summed E-state index contributed by atoms with van der Waals surface area (Å²) < 4.78 is 0. The number of nitrogens with one attached hydrogen (secondary N) is 1. The molecule has 2 atom stereocenters. The molecule has 1 aliphatic carbocycles. The molecule has 1 amide bonds. The molecule has 1 saturated heterocycles. The molecule has 25 heavy (non-hydrogen) atoms. The van der Waals surface area contributed by atoms with Crippen LogP contribution in [0.25, 0.3) is 0 Å². The first-order valence-corrected chi connectivity index (χ1v) is 9.10. The number of amides is 1. The minimum atomic E-state index is -0.251. The van der Waals surface area contributed by atoms with Crippen LogP contribution in [0, 0.1) is 0 Å². The molecule has 1 aliphatic heterocycles. The Labute approximate surface area is 152 Å². The standard InChI is InChI=1S/C20H21ClN2O2/c21-15-4-7-18-14(11-15)3-8-19(18)22-20(25)13-1-5-16(6-2-13)23-10-9-17(24)12-23/h1-2,4-7,11,17,19,24H,3,8-10,12H2,(H,22,25). The summed E-state index contributed by atoms with van der Waals surface area (Å²) in [6, 6.07) is 13.5. The molecule has 0 bridgehead atoms. The number of halogens is 1. The van der Waals surface area contributed by atoms with Crippen LogP contribution in [0.4, 0.5) is 5.69 Å². The Kier molecular flexibility index (Phi) is 4.40. The smallest absolute Gasteiger partial charge is 0.251 e. The van der Waals surface area contributed by atoms with Crippen molar-refractivity contribution in [3.8, 4) is 0 Å². The molecule has 2 N–H and O–H groups in total. The van der Waals surface area contributed by atoms with Crippen LogP contribution < -0.4 is 10.2 Å². The van der Waals surface area contributed by atoms with E-state index in [2.05, 4.69) is 10.2 Å². The van der Waals surface area contributed by atoms with Crippen LogP contribution >= 0.6 is 11.6 Å².